The van der Waals surface area contributed by atoms with E-state index in [1.807, 2.05) is 38.1 Å². The minimum absolute atomic E-state index is 0.197. The fraction of sp³-hybridized carbons (Fsp3) is 0.294. The zero-order chi connectivity index (χ0) is 17.0. The summed E-state index contributed by atoms with van der Waals surface area (Å²) in [6.07, 6.45) is -0.755. The van der Waals surface area contributed by atoms with Crippen molar-refractivity contribution in [3.05, 3.63) is 57.3 Å². The van der Waals surface area contributed by atoms with Crippen LogP contribution in [-0.2, 0) is 0 Å². The Balaban J connectivity index is 2.10. The highest BCUT2D eigenvalue weighted by Gasteiger charge is 2.21. The molecule has 0 radical (unpaired) electrons. The van der Waals surface area contributed by atoms with Gasteiger partial charge in [0.2, 0.25) is 5.91 Å². The van der Waals surface area contributed by atoms with Crippen LogP contribution in [0.15, 0.2) is 35.7 Å². The Kier molecular flexibility index (Phi) is 5.52. The minimum atomic E-state index is -0.755. The van der Waals surface area contributed by atoms with Gasteiger partial charge in [-0.05, 0) is 25.5 Å². The van der Waals surface area contributed by atoms with E-state index in [2.05, 4.69) is 0 Å². The van der Waals surface area contributed by atoms with Crippen LogP contribution in [0.1, 0.15) is 44.2 Å². The van der Waals surface area contributed by atoms with Gasteiger partial charge in [0.25, 0.3) is 5.91 Å². The van der Waals surface area contributed by atoms with Gasteiger partial charge in [0.1, 0.15) is 0 Å². The predicted octanol–water partition coefficient (Wildman–Crippen LogP) is 2.35. The van der Waals surface area contributed by atoms with Gasteiger partial charge in [0, 0.05) is 11.9 Å². The number of carbonyl (C=O) groups is 2. The lowest BCUT2D eigenvalue weighted by atomic mass is 10.1. The van der Waals surface area contributed by atoms with Crippen LogP contribution >= 0.6 is 11.3 Å². The van der Waals surface area contributed by atoms with Gasteiger partial charge in [0.05, 0.1) is 23.1 Å². The van der Waals surface area contributed by atoms with Crippen LogP contribution in [0.3, 0.4) is 0 Å². The summed E-state index contributed by atoms with van der Waals surface area (Å²) in [4.78, 5) is 25.6. The summed E-state index contributed by atoms with van der Waals surface area (Å²) < 4.78 is 0. The second kappa shape index (κ2) is 7.39. The highest BCUT2D eigenvalue weighted by molar-refractivity contribution is 7.12. The first-order valence-corrected chi connectivity index (χ1v) is 8.22. The van der Waals surface area contributed by atoms with Crippen LogP contribution in [0.25, 0.3) is 0 Å². The molecular formula is C17H20N2O3S. The summed E-state index contributed by atoms with van der Waals surface area (Å²) >= 11 is 1.18. The number of carbonyl (C=O) groups excluding carboxylic acids is 2. The van der Waals surface area contributed by atoms with Crippen molar-refractivity contribution in [3.8, 4) is 0 Å². The molecule has 0 aliphatic heterocycles. The monoisotopic (exact) mass is 332 g/mol. The molecule has 1 unspecified atom stereocenters. The molecule has 1 aromatic heterocycles. The lowest BCUT2D eigenvalue weighted by Crippen LogP contribution is -2.34. The van der Waals surface area contributed by atoms with E-state index in [1.165, 1.54) is 17.4 Å². The number of thiophene rings is 1. The summed E-state index contributed by atoms with van der Waals surface area (Å²) in [5, 5.41) is 11.9. The molecule has 1 aromatic carbocycles. The molecule has 23 heavy (non-hydrogen) atoms. The quantitative estimate of drug-likeness (QED) is 0.851. The smallest absolute Gasteiger partial charge is 0.264 e. The molecule has 3 N–H and O–H groups in total. The van der Waals surface area contributed by atoms with Gasteiger partial charge in [-0.15, -0.1) is 11.3 Å². The maximum Gasteiger partial charge on any atom is 0.264 e. The van der Waals surface area contributed by atoms with Crippen molar-refractivity contribution in [1.29, 1.82) is 0 Å². The highest BCUT2D eigenvalue weighted by atomic mass is 32.1. The number of aryl methyl sites for hydroxylation is 1. The Morgan fingerprint density at radius 2 is 1.96 bits per heavy atom. The topological polar surface area (TPSA) is 83.6 Å². The van der Waals surface area contributed by atoms with E-state index in [0.29, 0.717) is 17.0 Å². The lowest BCUT2D eigenvalue weighted by molar-refractivity contribution is 0.0639. The number of likely N-dealkylation sites (N-methyl/N-ethyl adjacent to an activating group) is 1. The molecular weight excluding hydrogens is 312 g/mol. The number of nitrogens with two attached hydrogens (primary N) is 1. The number of aliphatic hydroxyl groups is 1. The van der Waals surface area contributed by atoms with Crippen molar-refractivity contribution >= 4 is 23.2 Å². The standard InChI is InChI=1S/C17H20N2O3S/c1-3-19(9-14(20)12-6-4-11(2)5-7-12)17(22)15-8-13(10-23-15)16(18)21/h4-8,10,14,20H,3,9H2,1-2H3,(H2,18,21). The van der Waals surface area contributed by atoms with Crippen LogP contribution in [0, 0.1) is 6.92 Å². The van der Waals surface area contributed by atoms with Crippen molar-refractivity contribution in [2.45, 2.75) is 20.0 Å². The third-order valence-electron chi connectivity index (χ3n) is 3.62. The van der Waals surface area contributed by atoms with Crippen molar-refractivity contribution in [2.24, 2.45) is 5.73 Å². The molecule has 0 spiro atoms. The number of hydrogen-bond donors (Lipinski definition) is 2. The minimum Gasteiger partial charge on any atom is -0.387 e. The van der Waals surface area contributed by atoms with E-state index in [9.17, 15) is 14.7 Å². The van der Waals surface area contributed by atoms with E-state index in [1.54, 1.807) is 10.3 Å². The fourth-order valence-corrected chi connectivity index (χ4v) is 3.05. The zero-order valence-electron chi connectivity index (χ0n) is 13.2. The average Bonchev–Trinajstić information content (AvgIpc) is 3.02. The van der Waals surface area contributed by atoms with Crippen LogP contribution in [0.4, 0.5) is 0 Å². The molecule has 0 fully saturated rings. The molecule has 2 amide bonds. The molecule has 0 saturated heterocycles. The molecule has 0 aliphatic carbocycles. The van der Waals surface area contributed by atoms with Gasteiger partial charge in [0.15, 0.2) is 0 Å². The van der Waals surface area contributed by atoms with Crippen LogP contribution in [0.5, 0.6) is 0 Å². The Labute approximate surface area is 139 Å². The molecule has 0 bridgehead atoms. The molecule has 0 aliphatic rings. The van der Waals surface area contributed by atoms with Crippen molar-refractivity contribution in [2.75, 3.05) is 13.1 Å². The molecule has 2 rings (SSSR count). The molecule has 1 heterocycles. The van der Waals surface area contributed by atoms with Gasteiger partial charge >= 0.3 is 0 Å². The first-order valence-electron chi connectivity index (χ1n) is 7.34. The Bertz CT molecular complexity index is 694. The van der Waals surface area contributed by atoms with Gasteiger partial charge in [-0.25, -0.2) is 0 Å². The summed E-state index contributed by atoms with van der Waals surface area (Å²) in [6.45, 7) is 4.49. The molecule has 5 nitrogen and oxygen atoms in total. The Hall–Kier alpha value is -2.18. The summed E-state index contributed by atoms with van der Waals surface area (Å²) in [5.74, 6) is -0.765. The molecule has 0 saturated carbocycles. The molecule has 2 aromatic rings. The van der Waals surface area contributed by atoms with Crippen molar-refractivity contribution < 1.29 is 14.7 Å². The maximum atomic E-state index is 12.5. The maximum absolute atomic E-state index is 12.5. The number of benzene rings is 1. The Morgan fingerprint density at radius 1 is 1.30 bits per heavy atom. The van der Waals surface area contributed by atoms with E-state index in [-0.39, 0.29) is 12.5 Å². The SMILES string of the molecule is CCN(CC(O)c1ccc(C)cc1)C(=O)c1cc(C(N)=O)cs1. The average molecular weight is 332 g/mol. The summed E-state index contributed by atoms with van der Waals surface area (Å²) in [5.41, 5.74) is 7.42. The van der Waals surface area contributed by atoms with Gasteiger partial charge in [-0.3, -0.25) is 9.59 Å². The van der Waals surface area contributed by atoms with E-state index in [4.69, 9.17) is 5.73 Å². The van der Waals surface area contributed by atoms with E-state index >= 15 is 0 Å². The second-order valence-corrected chi connectivity index (χ2v) is 6.25. The van der Waals surface area contributed by atoms with Crippen molar-refractivity contribution in [1.82, 2.24) is 4.90 Å². The predicted molar refractivity (Wildman–Crippen MR) is 90.6 cm³/mol. The third kappa shape index (κ3) is 4.18. The van der Waals surface area contributed by atoms with Crippen LogP contribution in [0.2, 0.25) is 0 Å². The molecule has 1 atom stereocenters. The fourth-order valence-electron chi connectivity index (χ4n) is 2.19. The van der Waals surface area contributed by atoms with E-state index < -0.39 is 12.0 Å². The first-order chi connectivity index (χ1) is 10.9. The highest BCUT2D eigenvalue weighted by Crippen LogP contribution is 2.20. The molecule has 6 heteroatoms. The van der Waals surface area contributed by atoms with Gasteiger partial charge < -0.3 is 15.7 Å². The summed E-state index contributed by atoms with van der Waals surface area (Å²) in [6, 6.07) is 9.06. The van der Waals surface area contributed by atoms with E-state index in [0.717, 1.165) is 11.1 Å². The lowest BCUT2D eigenvalue weighted by Gasteiger charge is -2.23. The first kappa shape index (κ1) is 17.2. The van der Waals surface area contributed by atoms with Crippen LogP contribution in [-0.4, -0.2) is 34.9 Å². The second-order valence-electron chi connectivity index (χ2n) is 5.33. The number of primary amides is 1. The summed E-state index contributed by atoms with van der Waals surface area (Å²) in [7, 11) is 0. The normalized spacial score (nSPS) is 12.0. The largest absolute Gasteiger partial charge is 0.387 e. The zero-order valence-corrected chi connectivity index (χ0v) is 14.0. The molecule has 122 valence electrons. The number of hydrogen-bond acceptors (Lipinski definition) is 4. The number of rotatable bonds is 6. The van der Waals surface area contributed by atoms with Gasteiger partial charge in [-0.2, -0.15) is 0 Å². The third-order valence-corrected chi connectivity index (χ3v) is 4.54. The van der Waals surface area contributed by atoms with Crippen LogP contribution < -0.4 is 5.73 Å². The van der Waals surface area contributed by atoms with Crippen molar-refractivity contribution in [3.63, 3.8) is 0 Å². The van der Waals surface area contributed by atoms with Gasteiger partial charge in [-0.1, -0.05) is 29.8 Å². The number of nitrogens with zero attached hydrogens (tertiary/aromatic N) is 1. The number of amides is 2. The number of aliphatic hydroxyl groups excluding tert-OH is 1. The Morgan fingerprint density at radius 3 is 2.48 bits per heavy atom.